The van der Waals surface area contributed by atoms with Crippen LogP contribution in [0.15, 0.2) is 0 Å². The van der Waals surface area contributed by atoms with Crippen molar-refractivity contribution in [2.24, 2.45) is 17.6 Å². The van der Waals surface area contributed by atoms with Gasteiger partial charge in [0, 0.05) is 5.92 Å². The molecule has 1 fully saturated rings. The van der Waals surface area contributed by atoms with E-state index in [1.807, 2.05) is 0 Å². The third kappa shape index (κ3) is 3.69. The molecule has 1 rings (SSSR count). The number of carbonyl (C=O) groups is 3. The van der Waals surface area contributed by atoms with Gasteiger partial charge in [-0.05, 0) is 25.3 Å². The molecule has 1 amide bonds. The molecule has 5 N–H and O–H groups in total. The first-order valence-corrected chi connectivity index (χ1v) is 5.90. The van der Waals surface area contributed by atoms with Crippen LogP contribution in [0.5, 0.6) is 0 Å². The number of nitrogens with two attached hydrogens (primary N) is 1. The number of hydrogen-bond donors (Lipinski definition) is 4. The van der Waals surface area contributed by atoms with E-state index in [9.17, 15) is 14.4 Å². The highest BCUT2D eigenvalue weighted by Crippen LogP contribution is 2.31. The van der Waals surface area contributed by atoms with Gasteiger partial charge in [-0.2, -0.15) is 0 Å². The van der Waals surface area contributed by atoms with Gasteiger partial charge in [0.05, 0.1) is 6.42 Å². The predicted octanol–water partition coefficient (Wildman–Crippen LogP) is -0.594. The fourth-order valence-electron chi connectivity index (χ4n) is 2.32. The van der Waals surface area contributed by atoms with E-state index in [4.69, 9.17) is 15.9 Å². The quantitative estimate of drug-likeness (QED) is 0.503. The molecule has 3 atom stereocenters. The van der Waals surface area contributed by atoms with Crippen LogP contribution in [0.2, 0.25) is 0 Å². The first kappa shape index (κ1) is 14.4. The van der Waals surface area contributed by atoms with Gasteiger partial charge in [-0.15, -0.1) is 0 Å². The van der Waals surface area contributed by atoms with Gasteiger partial charge in [0.25, 0.3) is 0 Å². The van der Waals surface area contributed by atoms with Crippen molar-refractivity contribution in [2.45, 2.75) is 31.7 Å². The average molecular weight is 258 g/mol. The van der Waals surface area contributed by atoms with Crippen LogP contribution in [0, 0.1) is 11.8 Å². The number of rotatable bonds is 6. The van der Waals surface area contributed by atoms with Crippen molar-refractivity contribution >= 4 is 17.8 Å². The van der Waals surface area contributed by atoms with E-state index >= 15 is 0 Å². The van der Waals surface area contributed by atoms with Crippen molar-refractivity contribution in [3.63, 3.8) is 0 Å². The van der Waals surface area contributed by atoms with Gasteiger partial charge in [-0.25, -0.2) is 4.79 Å². The zero-order valence-electron chi connectivity index (χ0n) is 9.96. The van der Waals surface area contributed by atoms with Gasteiger partial charge < -0.3 is 21.3 Å². The Kier molecular flexibility index (Phi) is 5.08. The van der Waals surface area contributed by atoms with Gasteiger partial charge in [-0.1, -0.05) is 6.42 Å². The minimum atomic E-state index is -1.38. The molecule has 0 saturated heterocycles. The van der Waals surface area contributed by atoms with Crippen molar-refractivity contribution in [1.82, 2.24) is 5.32 Å². The van der Waals surface area contributed by atoms with Crippen LogP contribution < -0.4 is 11.1 Å². The summed E-state index contributed by atoms with van der Waals surface area (Å²) in [7, 11) is 0. The monoisotopic (exact) mass is 258 g/mol. The Labute approximate surface area is 104 Å². The number of carboxylic acid groups (broad SMARTS) is 2. The Morgan fingerprint density at radius 3 is 2.44 bits per heavy atom. The molecular formula is C11H18N2O5. The molecule has 3 unspecified atom stereocenters. The van der Waals surface area contributed by atoms with Crippen molar-refractivity contribution in [3.05, 3.63) is 0 Å². The van der Waals surface area contributed by atoms with E-state index < -0.39 is 30.3 Å². The van der Waals surface area contributed by atoms with Crippen LogP contribution >= 0.6 is 0 Å². The minimum Gasteiger partial charge on any atom is -0.481 e. The van der Waals surface area contributed by atoms with Gasteiger partial charge in [0.2, 0.25) is 5.91 Å². The van der Waals surface area contributed by atoms with Crippen LogP contribution in [0.1, 0.15) is 25.7 Å². The summed E-state index contributed by atoms with van der Waals surface area (Å²) in [6.45, 7) is 0.384. The second kappa shape index (κ2) is 6.34. The molecule has 0 bridgehead atoms. The molecule has 0 aromatic rings. The third-order valence-electron chi connectivity index (χ3n) is 3.29. The Bertz CT molecular complexity index is 344. The van der Waals surface area contributed by atoms with E-state index in [2.05, 4.69) is 5.32 Å². The Hall–Kier alpha value is -1.63. The average Bonchev–Trinajstić information content (AvgIpc) is 2.75. The molecule has 0 aliphatic heterocycles. The standard InChI is InChI=1S/C11H18N2O5/c12-5-6-2-1-3-7(6)10(16)13-8(11(17)18)4-9(14)15/h6-8H,1-5,12H2,(H,13,16)(H,14,15)(H,17,18). The molecular weight excluding hydrogens is 240 g/mol. The van der Waals surface area contributed by atoms with Crippen LogP contribution in [-0.4, -0.2) is 40.6 Å². The summed E-state index contributed by atoms with van der Waals surface area (Å²) in [5.74, 6) is -3.25. The van der Waals surface area contributed by atoms with Crippen molar-refractivity contribution < 1.29 is 24.6 Å². The first-order chi connectivity index (χ1) is 8.45. The lowest BCUT2D eigenvalue weighted by Gasteiger charge is -2.20. The summed E-state index contributed by atoms with van der Waals surface area (Å²) in [5, 5.41) is 19.7. The third-order valence-corrected chi connectivity index (χ3v) is 3.29. The summed E-state index contributed by atoms with van der Waals surface area (Å²) in [4.78, 5) is 33.2. The molecule has 1 saturated carbocycles. The van der Waals surface area contributed by atoms with Crippen LogP contribution in [0.4, 0.5) is 0 Å². The Morgan fingerprint density at radius 1 is 1.28 bits per heavy atom. The lowest BCUT2D eigenvalue weighted by atomic mass is 9.95. The van der Waals surface area contributed by atoms with Gasteiger partial charge >= 0.3 is 11.9 Å². The Morgan fingerprint density at radius 2 is 1.94 bits per heavy atom. The Balaban J connectivity index is 2.60. The fraction of sp³-hybridized carbons (Fsp3) is 0.727. The molecule has 102 valence electrons. The second-order valence-corrected chi connectivity index (χ2v) is 4.53. The van der Waals surface area contributed by atoms with E-state index in [0.717, 1.165) is 12.8 Å². The van der Waals surface area contributed by atoms with Gasteiger partial charge in [-0.3, -0.25) is 9.59 Å². The molecule has 0 heterocycles. The van der Waals surface area contributed by atoms with Crippen molar-refractivity contribution in [3.8, 4) is 0 Å². The first-order valence-electron chi connectivity index (χ1n) is 5.90. The van der Waals surface area contributed by atoms with Gasteiger partial charge in [0.1, 0.15) is 6.04 Å². The number of hydrogen-bond acceptors (Lipinski definition) is 4. The molecule has 7 heteroatoms. The highest BCUT2D eigenvalue weighted by Gasteiger charge is 2.34. The number of amides is 1. The van der Waals surface area contributed by atoms with Crippen molar-refractivity contribution in [2.75, 3.05) is 6.54 Å². The predicted molar refractivity (Wildman–Crippen MR) is 61.7 cm³/mol. The topological polar surface area (TPSA) is 130 Å². The number of aliphatic carboxylic acids is 2. The normalized spacial score (nSPS) is 24.5. The van der Waals surface area contributed by atoms with Crippen LogP contribution in [0.3, 0.4) is 0 Å². The van der Waals surface area contributed by atoms with Crippen LogP contribution in [0.25, 0.3) is 0 Å². The SMILES string of the molecule is NCC1CCCC1C(=O)NC(CC(=O)O)C(=O)O. The smallest absolute Gasteiger partial charge is 0.326 e. The maximum atomic E-state index is 11.9. The second-order valence-electron chi connectivity index (χ2n) is 4.53. The largest absolute Gasteiger partial charge is 0.481 e. The number of nitrogens with one attached hydrogen (secondary N) is 1. The summed E-state index contributed by atoms with van der Waals surface area (Å²) in [6, 6.07) is -1.38. The maximum absolute atomic E-state index is 11.9. The molecule has 1 aliphatic rings. The van der Waals surface area contributed by atoms with Crippen LogP contribution in [-0.2, 0) is 14.4 Å². The minimum absolute atomic E-state index is 0.0595. The molecule has 0 aromatic carbocycles. The van der Waals surface area contributed by atoms with E-state index in [1.54, 1.807) is 0 Å². The van der Waals surface area contributed by atoms with E-state index in [-0.39, 0.29) is 11.8 Å². The summed E-state index contributed by atoms with van der Waals surface area (Å²) >= 11 is 0. The number of carboxylic acids is 2. The molecule has 1 aliphatic carbocycles. The van der Waals surface area contributed by atoms with Gasteiger partial charge in [0.15, 0.2) is 0 Å². The molecule has 0 spiro atoms. The van der Waals surface area contributed by atoms with E-state index in [0.29, 0.717) is 13.0 Å². The fourth-order valence-corrected chi connectivity index (χ4v) is 2.32. The zero-order chi connectivity index (χ0) is 13.7. The molecule has 0 aromatic heterocycles. The molecule has 18 heavy (non-hydrogen) atoms. The lowest BCUT2D eigenvalue weighted by Crippen LogP contribution is -2.46. The highest BCUT2D eigenvalue weighted by molar-refractivity contribution is 5.88. The molecule has 7 nitrogen and oxygen atoms in total. The van der Waals surface area contributed by atoms with E-state index in [1.165, 1.54) is 0 Å². The number of carbonyl (C=O) groups excluding carboxylic acids is 1. The molecule has 0 radical (unpaired) electrons. The van der Waals surface area contributed by atoms with Crippen molar-refractivity contribution in [1.29, 1.82) is 0 Å². The summed E-state index contributed by atoms with van der Waals surface area (Å²) in [5.41, 5.74) is 5.54. The maximum Gasteiger partial charge on any atom is 0.326 e. The summed E-state index contributed by atoms with van der Waals surface area (Å²) < 4.78 is 0. The lowest BCUT2D eigenvalue weighted by molar-refractivity contribution is -0.147. The zero-order valence-corrected chi connectivity index (χ0v) is 9.96. The highest BCUT2D eigenvalue weighted by atomic mass is 16.4. The summed E-state index contributed by atoms with van der Waals surface area (Å²) in [6.07, 6.45) is 1.79.